The molecule has 5 nitrogen and oxygen atoms in total. The minimum atomic E-state index is -0.280. The Morgan fingerprint density at radius 3 is 2.70 bits per heavy atom. The van der Waals surface area contributed by atoms with Crippen molar-refractivity contribution in [2.45, 2.75) is 13.3 Å². The van der Waals surface area contributed by atoms with Gasteiger partial charge in [-0.3, -0.25) is 4.79 Å². The average Bonchev–Trinajstić information content (AvgIpc) is 3.17. The quantitative estimate of drug-likeness (QED) is 0.771. The first kappa shape index (κ1) is 15.4. The normalized spacial score (nSPS) is 10.7. The zero-order valence-electron chi connectivity index (χ0n) is 12.5. The van der Waals surface area contributed by atoms with E-state index < -0.39 is 0 Å². The lowest BCUT2D eigenvalue weighted by molar-refractivity contribution is 0.0945. The number of nitrogens with one attached hydrogen (secondary N) is 1. The minimum Gasteiger partial charge on any atom is -0.466 e. The molecule has 6 heteroatoms. The maximum atomic E-state index is 12.1. The highest BCUT2D eigenvalue weighted by atomic mass is 35.5. The summed E-state index contributed by atoms with van der Waals surface area (Å²) in [6.07, 6.45) is 0.626. The molecule has 118 valence electrons. The summed E-state index contributed by atoms with van der Waals surface area (Å²) in [5.74, 6) is 1.94. The fraction of sp³-hybridized carbons (Fsp3) is 0.176. The topological polar surface area (TPSA) is 68.3 Å². The van der Waals surface area contributed by atoms with Crippen LogP contribution in [0.1, 0.15) is 22.0 Å². The zero-order valence-corrected chi connectivity index (χ0v) is 13.3. The molecule has 0 aliphatic rings. The highest BCUT2D eigenvalue weighted by molar-refractivity contribution is 6.30. The lowest BCUT2D eigenvalue weighted by atomic mass is 10.1. The first-order valence-electron chi connectivity index (χ1n) is 7.18. The Morgan fingerprint density at radius 2 is 2.00 bits per heavy atom. The van der Waals surface area contributed by atoms with Gasteiger partial charge in [0.25, 0.3) is 5.91 Å². The van der Waals surface area contributed by atoms with Crippen molar-refractivity contribution in [3.8, 4) is 11.3 Å². The number of nitrogens with zero attached hydrogens (tertiary/aromatic N) is 1. The van der Waals surface area contributed by atoms with Gasteiger partial charge in [-0.25, -0.2) is 0 Å². The molecule has 3 aromatic rings. The second-order valence-corrected chi connectivity index (χ2v) is 5.54. The van der Waals surface area contributed by atoms with Gasteiger partial charge in [-0.15, -0.1) is 0 Å². The number of carbonyl (C=O) groups excluding carboxylic acids is 1. The molecule has 0 saturated heterocycles. The smallest absolute Gasteiger partial charge is 0.273 e. The molecule has 0 bridgehead atoms. The fourth-order valence-electron chi connectivity index (χ4n) is 2.14. The summed E-state index contributed by atoms with van der Waals surface area (Å²) in [6.45, 7) is 2.35. The number of hydrogen-bond donors (Lipinski definition) is 1. The van der Waals surface area contributed by atoms with Crippen molar-refractivity contribution in [3.63, 3.8) is 0 Å². The molecule has 0 radical (unpaired) electrons. The van der Waals surface area contributed by atoms with Crippen LogP contribution >= 0.6 is 11.6 Å². The number of amides is 1. The van der Waals surface area contributed by atoms with Crippen molar-refractivity contribution in [3.05, 3.63) is 64.7 Å². The molecular weight excluding hydrogens is 316 g/mol. The summed E-state index contributed by atoms with van der Waals surface area (Å²) in [5.41, 5.74) is 1.05. The predicted octanol–water partition coefficient (Wildman–Crippen LogP) is 3.87. The predicted molar refractivity (Wildman–Crippen MR) is 86.4 cm³/mol. The molecule has 0 aliphatic heterocycles. The van der Waals surface area contributed by atoms with Crippen LogP contribution in [0.3, 0.4) is 0 Å². The summed E-state index contributed by atoms with van der Waals surface area (Å²) >= 11 is 5.85. The maximum Gasteiger partial charge on any atom is 0.273 e. The van der Waals surface area contributed by atoms with E-state index in [1.54, 1.807) is 18.2 Å². The van der Waals surface area contributed by atoms with Crippen molar-refractivity contribution < 1.29 is 13.7 Å². The summed E-state index contributed by atoms with van der Waals surface area (Å²) in [6, 6.07) is 12.5. The minimum absolute atomic E-state index is 0.241. The molecule has 0 spiro atoms. The van der Waals surface area contributed by atoms with Crippen molar-refractivity contribution in [2.24, 2.45) is 0 Å². The third kappa shape index (κ3) is 3.81. The molecule has 0 unspecified atom stereocenters. The van der Waals surface area contributed by atoms with Crippen LogP contribution < -0.4 is 5.32 Å². The van der Waals surface area contributed by atoms with E-state index in [1.165, 1.54) is 0 Å². The monoisotopic (exact) mass is 330 g/mol. The Labute approximate surface area is 138 Å². The van der Waals surface area contributed by atoms with Gasteiger partial charge in [0.1, 0.15) is 11.5 Å². The second kappa shape index (κ2) is 6.71. The van der Waals surface area contributed by atoms with Crippen molar-refractivity contribution in [1.82, 2.24) is 10.5 Å². The van der Waals surface area contributed by atoms with Crippen molar-refractivity contribution in [2.75, 3.05) is 6.54 Å². The molecule has 1 amide bonds. The molecule has 1 N–H and O–H groups in total. The van der Waals surface area contributed by atoms with E-state index >= 15 is 0 Å². The molecule has 2 heterocycles. The lowest BCUT2D eigenvalue weighted by Crippen LogP contribution is -2.25. The van der Waals surface area contributed by atoms with Crippen LogP contribution in [0, 0.1) is 6.92 Å². The fourth-order valence-corrected chi connectivity index (χ4v) is 2.27. The molecule has 3 rings (SSSR count). The molecule has 1 aromatic carbocycles. The van der Waals surface area contributed by atoms with Crippen LogP contribution in [0.25, 0.3) is 11.3 Å². The summed E-state index contributed by atoms with van der Waals surface area (Å²) in [7, 11) is 0. The summed E-state index contributed by atoms with van der Waals surface area (Å²) in [5, 5.41) is 7.23. The zero-order chi connectivity index (χ0) is 16.2. The van der Waals surface area contributed by atoms with Gasteiger partial charge in [-0.2, -0.15) is 0 Å². The van der Waals surface area contributed by atoms with Crippen molar-refractivity contribution in [1.29, 1.82) is 0 Å². The molecule has 0 saturated carbocycles. The molecule has 23 heavy (non-hydrogen) atoms. The van der Waals surface area contributed by atoms with Crippen LogP contribution in [0.2, 0.25) is 5.02 Å². The van der Waals surface area contributed by atoms with Gasteiger partial charge in [0.05, 0.1) is 0 Å². The number of halogens is 1. The highest BCUT2D eigenvalue weighted by Crippen LogP contribution is 2.22. The Hall–Kier alpha value is -2.53. The molecule has 0 atom stereocenters. The van der Waals surface area contributed by atoms with E-state index in [-0.39, 0.29) is 11.6 Å². The van der Waals surface area contributed by atoms with Crippen LogP contribution in [-0.2, 0) is 6.42 Å². The standard InChI is InChI=1S/C17H15ClN2O3/c1-11-2-7-14(22-11)8-9-19-17(21)15-10-16(23-20-15)12-3-5-13(18)6-4-12/h2-7,10H,8-9H2,1H3,(H,19,21). The lowest BCUT2D eigenvalue weighted by Gasteiger charge is -2.00. The summed E-state index contributed by atoms with van der Waals surface area (Å²) in [4.78, 5) is 12.1. The third-order valence-corrected chi connectivity index (χ3v) is 3.58. The first-order chi connectivity index (χ1) is 11.1. The third-order valence-electron chi connectivity index (χ3n) is 3.32. The number of carbonyl (C=O) groups is 1. The van der Waals surface area contributed by atoms with E-state index in [1.807, 2.05) is 31.2 Å². The van der Waals surface area contributed by atoms with Crippen LogP contribution in [0.4, 0.5) is 0 Å². The number of hydrogen-bond acceptors (Lipinski definition) is 4. The van der Waals surface area contributed by atoms with Gasteiger partial charge in [0.15, 0.2) is 11.5 Å². The SMILES string of the molecule is Cc1ccc(CCNC(=O)c2cc(-c3ccc(Cl)cc3)on2)o1. The Balaban J connectivity index is 1.58. The van der Waals surface area contributed by atoms with E-state index in [0.29, 0.717) is 23.7 Å². The molecule has 0 aliphatic carbocycles. The number of furan rings is 1. The first-order valence-corrected chi connectivity index (χ1v) is 7.56. The number of benzene rings is 1. The van der Waals surface area contributed by atoms with E-state index in [4.69, 9.17) is 20.5 Å². The van der Waals surface area contributed by atoms with E-state index in [0.717, 1.165) is 17.1 Å². The Morgan fingerprint density at radius 1 is 1.22 bits per heavy atom. The van der Waals surface area contributed by atoms with Crippen LogP contribution in [-0.4, -0.2) is 17.6 Å². The van der Waals surface area contributed by atoms with Gasteiger partial charge >= 0.3 is 0 Å². The number of rotatable bonds is 5. The average molecular weight is 331 g/mol. The number of aryl methyl sites for hydroxylation is 1. The maximum absolute atomic E-state index is 12.1. The molecule has 2 aromatic heterocycles. The van der Waals surface area contributed by atoms with Gasteiger partial charge in [0.2, 0.25) is 0 Å². The summed E-state index contributed by atoms with van der Waals surface area (Å²) < 4.78 is 10.7. The van der Waals surface area contributed by atoms with E-state index in [2.05, 4.69) is 10.5 Å². The van der Waals surface area contributed by atoms with Gasteiger partial charge in [-0.1, -0.05) is 16.8 Å². The second-order valence-electron chi connectivity index (χ2n) is 5.10. The van der Waals surface area contributed by atoms with Crippen LogP contribution in [0.15, 0.2) is 51.4 Å². The van der Waals surface area contributed by atoms with Gasteiger partial charge < -0.3 is 14.3 Å². The molecule has 0 fully saturated rings. The Bertz CT molecular complexity index is 805. The molecular formula is C17H15ClN2O3. The van der Waals surface area contributed by atoms with E-state index in [9.17, 15) is 4.79 Å². The Kier molecular flexibility index (Phi) is 4.48. The van der Waals surface area contributed by atoms with Gasteiger partial charge in [-0.05, 0) is 43.3 Å². The van der Waals surface area contributed by atoms with Gasteiger partial charge in [0, 0.05) is 29.6 Å². The number of aromatic nitrogens is 1. The highest BCUT2D eigenvalue weighted by Gasteiger charge is 2.13. The largest absolute Gasteiger partial charge is 0.466 e. The van der Waals surface area contributed by atoms with Crippen molar-refractivity contribution >= 4 is 17.5 Å². The van der Waals surface area contributed by atoms with Crippen LogP contribution in [0.5, 0.6) is 0 Å².